The Labute approximate surface area is 116 Å². The normalized spacial score (nSPS) is 10.7. The Hall–Kier alpha value is -0.500. The number of nitrogens with zero attached hydrogens (tertiary/aromatic N) is 1. The number of aromatic nitrogens is 1. The van der Waals surface area contributed by atoms with Crippen LogP contribution in [0.15, 0.2) is 6.07 Å². The molecule has 1 rings (SSSR count). The molecule has 0 N–H and O–H groups in total. The number of ether oxygens (including phenoxy) is 1. The number of halogens is 4. The molecule has 0 spiro atoms. The molecule has 0 aliphatic carbocycles. The molecule has 7 heteroatoms. The molecular formula is C10H9ClF2INO2. The molecule has 0 saturated carbocycles. The van der Waals surface area contributed by atoms with Crippen molar-refractivity contribution >= 4 is 40.2 Å². The first-order chi connectivity index (χ1) is 7.95. The van der Waals surface area contributed by atoms with Crippen LogP contribution < -0.4 is 0 Å². The molecule has 0 aliphatic rings. The number of alkyl halides is 2. The highest BCUT2D eigenvalue weighted by atomic mass is 127. The third-order valence-electron chi connectivity index (χ3n) is 1.90. The summed E-state index contributed by atoms with van der Waals surface area (Å²) in [5, 5.41) is -0.0164. The number of carbonyl (C=O) groups excluding carboxylic acids is 1. The maximum atomic E-state index is 12.7. The largest absolute Gasteiger partial charge is 0.466 e. The maximum absolute atomic E-state index is 12.7. The average Bonchev–Trinajstić information content (AvgIpc) is 2.21. The second-order valence-electron chi connectivity index (χ2n) is 3.07. The van der Waals surface area contributed by atoms with Gasteiger partial charge in [0.1, 0.15) is 10.8 Å². The van der Waals surface area contributed by atoms with Gasteiger partial charge in [-0.15, -0.1) is 0 Å². The summed E-state index contributed by atoms with van der Waals surface area (Å²) in [5.41, 5.74) is -0.293. The van der Waals surface area contributed by atoms with Gasteiger partial charge in [0.25, 0.3) is 6.43 Å². The molecule has 1 heterocycles. The van der Waals surface area contributed by atoms with Crippen LogP contribution in [0.1, 0.15) is 24.6 Å². The lowest BCUT2D eigenvalue weighted by Gasteiger charge is -2.10. The molecule has 0 atom stereocenters. The van der Waals surface area contributed by atoms with Crippen molar-refractivity contribution in [1.29, 1.82) is 0 Å². The van der Waals surface area contributed by atoms with Gasteiger partial charge in [-0.05, 0) is 35.6 Å². The fourth-order valence-corrected chi connectivity index (χ4v) is 2.39. The van der Waals surface area contributed by atoms with E-state index in [-0.39, 0.29) is 23.7 Å². The molecule has 0 aliphatic heterocycles. The monoisotopic (exact) mass is 375 g/mol. The zero-order chi connectivity index (χ0) is 13.0. The highest BCUT2D eigenvalue weighted by molar-refractivity contribution is 14.1. The summed E-state index contributed by atoms with van der Waals surface area (Å²) < 4.78 is 30.7. The quantitative estimate of drug-likeness (QED) is 0.460. The number of hydrogen-bond donors (Lipinski definition) is 0. The number of rotatable bonds is 4. The Morgan fingerprint density at radius 1 is 1.65 bits per heavy atom. The fraction of sp³-hybridized carbons (Fsp3) is 0.400. The van der Waals surface area contributed by atoms with E-state index in [9.17, 15) is 13.6 Å². The first kappa shape index (κ1) is 14.6. The number of hydrogen-bond acceptors (Lipinski definition) is 3. The van der Waals surface area contributed by atoms with Crippen molar-refractivity contribution in [3.63, 3.8) is 0 Å². The van der Waals surface area contributed by atoms with E-state index in [0.717, 1.165) is 0 Å². The molecule has 1 aromatic rings. The van der Waals surface area contributed by atoms with E-state index in [1.807, 2.05) is 22.6 Å². The number of pyridine rings is 1. The van der Waals surface area contributed by atoms with Crippen molar-refractivity contribution in [2.45, 2.75) is 19.8 Å². The standard InChI is InChI=1S/C10H9ClF2INO2/c1-2-17-8(16)3-5-6(14)4-7(11)15-9(5)10(12)13/h4,10H,2-3H2,1H3. The lowest BCUT2D eigenvalue weighted by Crippen LogP contribution is -2.12. The highest BCUT2D eigenvalue weighted by Crippen LogP contribution is 2.27. The number of carbonyl (C=O) groups is 1. The van der Waals surface area contributed by atoms with Crippen LogP contribution >= 0.6 is 34.2 Å². The average molecular weight is 376 g/mol. The van der Waals surface area contributed by atoms with Gasteiger partial charge in [0.15, 0.2) is 0 Å². The second kappa shape index (κ2) is 6.44. The second-order valence-corrected chi connectivity index (χ2v) is 4.62. The molecule has 1 aromatic heterocycles. The molecule has 0 fully saturated rings. The van der Waals surface area contributed by atoms with Gasteiger partial charge in [-0.2, -0.15) is 0 Å². The van der Waals surface area contributed by atoms with Crippen LogP contribution in [-0.4, -0.2) is 17.6 Å². The minimum Gasteiger partial charge on any atom is -0.466 e. The Kier molecular flexibility index (Phi) is 5.51. The third kappa shape index (κ3) is 4.02. The van der Waals surface area contributed by atoms with E-state index in [4.69, 9.17) is 16.3 Å². The van der Waals surface area contributed by atoms with E-state index in [2.05, 4.69) is 4.98 Å². The SMILES string of the molecule is CCOC(=O)Cc1c(I)cc(Cl)nc1C(F)F. The predicted octanol–water partition coefficient (Wildman–Crippen LogP) is 3.38. The van der Waals surface area contributed by atoms with Gasteiger partial charge in [0.2, 0.25) is 0 Å². The predicted molar refractivity (Wildman–Crippen MR) is 67.3 cm³/mol. The molecule has 94 valence electrons. The lowest BCUT2D eigenvalue weighted by molar-refractivity contribution is -0.142. The minimum atomic E-state index is -2.77. The minimum absolute atomic E-state index is 0.0164. The molecule has 0 radical (unpaired) electrons. The van der Waals surface area contributed by atoms with E-state index in [0.29, 0.717) is 3.57 Å². The summed E-state index contributed by atoms with van der Waals surface area (Å²) in [7, 11) is 0. The smallest absolute Gasteiger partial charge is 0.310 e. The van der Waals surface area contributed by atoms with Crippen molar-refractivity contribution in [1.82, 2.24) is 4.98 Å². The maximum Gasteiger partial charge on any atom is 0.310 e. The molecule has 0 unspecified atom stereocenters. The van der Waals surface area contributed by atoms with Crippen LogP contribution in [0.4, 0.5) is 8.78 Å². The summed E-state index contributed by atoms with van der Waals surface area (Å²) in [4.78, 5) is 14.8. The molecule has 0 amide bonds. The summed E-state index contributed by atoms with van der Waals surface area (Å²) in [6.07, 6.45) is -3.00. The van der Waals surface area contributed by atoms with Gasteiger partial charge >= 0.3 is 5.97 Å². The molecular weight excluding hydrogens is 366 g/mol. The van der Waals surface area contributed by atoms with Crippen molar-refractivity contribution in [2.75, 3.05) is 6.61 Å². The Bertz CT molecular complexity index is 429. The molecule has 0 saturated heterocycles. The fourth-order valence-electron chi connectivity index (χ4n) is 1.24. The van der Waals surface area contributed by atoms with Crippen LogP contribution in [0.5, 0.6) is 0 Å². The Morgan fingerprint density at radius 2 is 2.29 bits per heavy atom. The van der Waals surface area contributed by atoms with Gasteiger partial charge in [-0.3, -0.25) is 4.79 Å². The van der Waals surface area contributed by atoms with Crippen LogP contribution in [0.2, 0.25) is 5.15 Å². The van der Waals surface area contributed by atoms with Crippen LogP contribution in [0.3, 0.4) is 0 Å². The first-order valence-electron chi connectivity index (χ1n) is 4.74. The summed E-state index contributed by atoms with van der Waals surface area (Å²) >= 11 is 7.44. The van der Waals surface area contributed by atoms with E-state index < -0.39 is 18.1 Å². The molecule has 17 heavy (non-hydrogen) atoms. The summed E-state index contributed by atoms with van der Waals surface area (Å²) in [6.45, 7) is 1.86. The molecule has 3 nitrogen and oxygen atoms in total. The van der Waals surface area contributed by atoms with E-state index in [1.54, 1.807) is 6.92 Å². The topological polar surface area (TPSA) is 39.2 Å². The molecule has 0 aromatic carbocycles. The van der Waals surface area contributed by atoms with Gasteiger partial charge in [0.05, 0.1) is 13.0 Å². The highest BCUT2D eigenvalue weighted by Gasteiger charge is 2.21. The lowest BCUT2D eigenvalue weighted by atomic mass is 10.1. The van der Waals surface area contributed by atoms with Crippen LogP contribution in [0, 0.1) is 3.57 Å². The third-order valence-corrected chi connectivity index (χ3v) is 3.06. The van der Waals surface area contributed by atoms with Gasteiger partial charge in [-0.25, -0.2) is 13.8 Å². The van der Waals surface area contributed by atoms with Crippen molar-refractivity contribution in [3.05, 3.63) is 26.0 Å². The van der Waals surface area contributed by atoms with Crippen LogP contribution in [-0.2, 0) is 16.0 Å². The van der Waals surface area contributed by atoms with Gasteiger partial charge in [0, 0.05) is 9.13 Å². The zero-order valence-corrected chi connectivity index (χ0v) is 11.8. The Balaban J connectivity index is 3.08. The summed E-state index contributed by atoms with van der Waals surface area (Å²) in [5.74, 6) is -0.559. The first-order valence-corrected chi connectivity index (χ1v) is 6.20. The molecule has 0 bridgehead atoms. The van der Waals surface area contributed by atoms with E-state index >= 15 is 0 Å². The zero-order valence-electron chi connectivity index (χ0n) is 8.84. The van der Waals surface area contributed by atoms with Crippen LogP contribution in [0.25, 0.3) is 0 Å². The van der Waals surface area contributed by atoms with Crippen molar-refractivity contribution < 1.29 is 18.3 Å². The van der Waals surface area contributed by atoms with Gasteiger partial charge in [-0.1, -0.05) is 11.6 Å². The summed E-state index contributed by atoms with van der Waals surface area (Å²) in [6, 6.07) is 1.43. The van der Waals surface area contributed by atoms with E-state index in [1.165, 1.54) is 6.07 Å². The number of esters is 1. The van der Waals surface area contributed by atoms with Gasteiger partial charge < -0.3 is 4.74 Å². The Morgan fingerprint density at radius 3 is 2.82 bits per heavy atom. The van der Waals surface area contributed by atoms with Crippen molar-refractivity contribution in [3.8, 4) is 0 Å². The van der Waals surface area contributed by atoms with Crippen molar-refractivity contribution in [2.24, 2.45) is 0 Å².